The lowest BCUT2D eigenvalue weighted by Gasteiger charge is -2.42. The van der Waals surface area contributed by atoms with Crippen molar-refractivity contribution < 1.29 is 14.0 Å². The van der Waals surface area contributed by atoms with Crippen LogP contribution in [0.5, 0.6) is 11.5 Å². The van der Waals surface area contributed by atoms with Gasteiger partial charge in [-0.05, 0) is 115 Å². The summed E-state index contributed by atoms with van der Waals surface area (Å²) in [5.74, 6) is 1.78. The second-order valence-corrected chi connectivity index (χ2v) is 19.5. The van der Waals surface area contributed by atoms with E-state index in [4.69, 9.17) is 9.16 Å². The predicted octanol–water partition coefficient (Wildman–Crippen LogP) is 10.3. The van der Waals surface area contributed by atoms with Crippen LogP contribution in [0.25, 0.3) is 20.5 Å². The molecule has 1 aliphatic heterocycles. The first-order valence-electron chi connectivity index (χ1n) is 15.8. The highest BCUT2D eigenvalue weighted by atomic mass is 32.1. The van der Waals surface area contributed by atoms with E-state index >= 15 is 0 Å². The van der Waals surface area contributed by atoms with Crippen LogP contribution < -0.4 is 9.16 Å². The monoisotopic (exact) mass is 613 g/mol. The Balaban J connectivity index is 1.52. The van der Waals surface area contributed by atoms with E-state index in [-0.39, 0.29) is 5.78 Å². The topological polar surface area (TPSA) is 38.8 Å². The van der Waals surface area contributed by atoms with Gasteiger partial charge >= 0.3 is 0 Å². The Hall–Kier alpha value is -2.93. The fourth-order valence-corrected chi connectivity index (χ4v) is 13.7. The molecule has 1 aromatic heterocycles. The summed E-state index contributed by atoms with van der Waals surface area (Å²) in [5.41, 5.74) is 6.51. The highest BCUT2D eigenvalue weighted by Gasteiger charge is 2.47. The maximum absolute atomic E-state index is 14.3. The fraction of sp³-hybridized carbons (Fsp3) is 0.432. The molecule has 0 atom stereocenters. The average molecular weight is 614 g/mol. The number of aryl methyl sites for hydroxylation is 1. The highest BCUT2D eigenvalue weighted by Crippen LogP contribution is 2.45. The number of carbonyl (C=O) groups excluding carboxylic acids is 1. The molecule has 0 unspecified atom stereocenters. The van der Waals surface area contributed by atoms with Crippen molar-refractivity contribution in [2.75, 3.05) is 20.2 Å². The molecule has 5 rings (SSSR count). The molecule has 0 bridgehead atoms. The summed E-state index contributed by atoms with van der Waals surface area (Å²) in [6, 6.07) is 20.7. The van der Waals surface area contributed by atoms with Crippen molar-refractivity contribution >= 4 is 35.5 Å². The number of ether oxygens (including phenoxy) is 1. The lowest BCUT2D eigenvalue weighted by atomic mass is 9.95. The number of benzene rings is 3. The van der Waals surface area contributed by atoms with Crippen molar-refractivity contribution in [1.82, 2.24) is 4.90 Å². The van der Waals surface area contributed by atoms with E-state index in [0.29, 0.717) is 16.6 Å². The number of rotatable bonds is 11. The van der Waals surface area contributed by atoms with E-state index in [0.717, 1.165) is 62.8 Å². The van der Waals surface area contributed by atoms with Gasteiger partial charge in [0.05, 0.1) is 7.11 Å². The first-order chi connectivity index (χ1) is 20.5. The summed E-state index contributed by atoms with van der Waals surface area (Å²) < 4.78 is 13.5. The molecule has 1 aliphatic rings. The van der Waals surface area contributed by atoms with E-state index in [2.05, 4.69) is 89.8 Å². The molecule has 0 saturated carbocycles. The predicted molar refractivity (Wildman–Crippen MR) is 185 cm³/mol. The molecule has 0 amide bonds. The molecular formula is C37H47NO3SSi. The molecule has 4 aromatic rings. The molecule has 228 valence electrons. The summed E-state index contributed by atoms with van der Waals surface area (Å²) in [4.78, 5) is 17.8. The van der Waals surface area contributed by atoms with Crippen molar-refractivity contribution in [3.05, 3.63) is 82.9 Å². The number of methoxy groups -OCH3 is 1. The van der Waals surface area contributed by atoms with E-state index in [1.165, 1.54) is 24.0 Å². The van der Waals surface area contributed by atoms with Crippen LogP contribution >= 0.6 is 11.3 Å². The number of thiophene rings is 1. The minimum absolute atomic E-state index is 0.0633. The molecule has 3 aromatic carbocycles. The molecule has 0 spiro atoms. The Labute approximate surface area is 263 Å². The van der Waals surface area contributed by atoms with E-state index < -0.39 is 8.32 Å². The van der Waals surface area contributed by atoms with E-state index in [9.17, 15) is 4.79 Å². The molecule has 0 N–H and O–H groups in total. The molecule has 2 heterocycles. The van der Waals surface area contributed by atoms with Crippen molar-refractivity contribution in [2.24, 2.45) is 0 Å². The van der Waals surface area contributed by atoms with Gasteiger partial charge in [-0.1, -0.05) is 53.7 Å². The van der Waals surface area contributed by atoms with Gasteiger partial charge in [0.2, 0.25) is 0 Å². The Morgan fingerprint density at radius 2 is 1.49 bits per heavy atom. The molecule has 1 fully saturated rings. The Bertz CT molecular complexity index is 1560. The Kier molecular flexibility index (Phi) is 9.50. The van der Waals surface area contributed by atoms with Crippen LogP contribution in [-0.4, -0.2) is 39.2 Å². The zero-order chi connectivity index (χ0) is 30.9. The number of hydrogen-bond acceptors (Lipinski definition) is 5. The SMILES string of the molecule is COc1ccc2c(C(=O)c3ccc(CN4CCCC4)c(C)c3)c(-c3ccc(O[Si](C(C)C)(C(C)C)C(C)C)cc3)sc2c1. The lowest BCUT2D eigenvalue weighted by Crippen LogP contribution is -2.50. The Morgan fingerprint density at radius 3 is 2.07 bits per heavy atom. The van der Waals surface area contributed by atoms with Gasteiger partial charge in [0.25, 0.3) is 8.32 Å². The van der Waals surface area contributed by atoms with Crippen molar-refractivity contribution in [3.63, 3.8) is 0 Å². The van der Waals surface area contributed by atoms with Crippen LogP contribution in [0.1, 0.15) is 81.4 Å². The normalized spacial score (nSPS) is 14.4. The number of hydrogen-bond donors (Lipinski definition) is 0. The van der Waals surface area contributed by atoms with Crippen LogP contribution in [0.4, 0.5) is 0 Å². The number of ketones is 1. The van der Waals surface area contributed by atoms with Gasteiger partial charge in [0.15, 0.2) is 5.78 Å². The maximum atomic E-state index is 14.3. The quantitative estimate of drug-likeness (QED) is 0.125. The largest absolute Gasteiger partial charge is 0.543 e. The van der Waals surface area contributed by atoms with E-state index in [1.807, 2.05) is 24.3 Å². The highest BCUT2D eigenvalue weighted by molar-refractivity contribution is 7.22. The summed E-state index contributed by atoms with van der Waals surface area (Å²) in [5, 5.41) is 0.968. The molecule has 6 heteroatoms. The van der Waals surface area contributed by atoms with Gasteiger partial charge < -0.3 is 9.16 Å². The van der Waals surface area contributed by atoms with E-state index in [1.54, 1.807) is 18.4 Å². The fourth-order valence-electron chi connectivity index (χ4n) is 7.21. The van der Waals surface area contributed by atoms with Crippen LogP contribution in [0.15, 0.2) is 60.7 Å². The average Bonchev–Trinajstić information content (AvgIpc) is 3.63. The van der Waals surface area contributed by atoms with Gasteiger partial charge in [0.1, 0.15) is 11.5 Å². The van der Waals surface area contributed by atoms with Crippen LogP contribution in [0.3, 0.4) is 0 Å². The lowest BCUT2D eigenvalue weighted by molar-refractivity contribution is 0.104. The summed E-state index contributed by atoms with van der Waals surface area (Å²) in [7, 11) is -0.383. The smallest absolute Gasteiger partial charge is 0.258 e. The van der Waals surface area contributed by atoms with Crippen LogP contribution in [0.2, 0.25) is 16.6 Å². The maximum Gasteiger partial charge on any atom is 0.258 e. The molecule has 43 heavy (non-hydrogen) atoms. The second-order valence-electron chi connectivity index (χ2n) is 13.1. The number of likely N-dealkylation sites (tertiary alicyclic amines) is 1. The minimum Gasteiger partial charge on any atom is -0.543 e. The Morgan fingerprint density at radius 1 is 0.860 bits per heavy atom. The summed E-state index contributed by atoms with van der Waals surface area (Å²) >= 11 is 1.65. The number of fused-ring (bicyclic) bond motifs is 1. The third-order valence-corrected chi connectivity index (χ3v) is 16.6. The second kappa shape index (κ2) is 13.0. The summed E-state index contributed by atoms with van der Waals surface area (Å²) in [6.45, 7) is 19.3. The minimum atomic E-state index is -2.07. The first kappa shape index (κ1) is 31.5. The molecule has 0 radical (unpaired) electrons. The first-order valence-corrected chi connectivity index (χ1v) is 18.8. The van der Waals surface area contributed by atoms with Crippen molar-refractivity contribution in [3.8, 4) is 21.9 Å². The van der Waals surface area contributed by atoms with Gasteiger partial charge in [0, 0.05) is 32.6 Å². The number of nitrogens with zero attached hydrogens (tertiary/aromatic N) is 1. The number of carbonyl (C=O) groups is 1. The van der Waals surface area contributed by atoms with Gasteiger partial charge in [-0.3, -0.25) is 9.69 Å². The zero-order valence-corrected chi connectivity index (χ0v) is 28.9. The van der Waals surface area contributed by atoms with Gasteiger partial charge in [-0.15, -0.1) is 11.3 Å². The third kappa shape index (κ3) is 6.20. The van der Waals surface area contributed by atoms with Crippen LogP contribution in [-0.2, 0) is 6.54 Å². The molecule has 0 aliphatic carbocycles. The molecule has 1 saturated heterocycles. The van der Waals surface area contributed by atoms with Crippen molar-refractivity contribution in [1.29, 1.82) is 0 Å². The van der Waals surface area contributed by atoms with Crippen molar-refractivity contribution in [2.45, 2.75) is 84.5 Å². The van der Waals surface area contributed by atoms with Gasteiger partial charge in [-0.2, -0.15) is 0 Å². The van der Waals surface area contributed by atoms with Crippen LogP contribution in [0, 0.1) is 6.92 Å². The van der Waals surface area contributed by atoms with Gasteiger partial charge in [-0.25, -0.2) is 0 Å². The third-order valence-electron chi connectivity index (χ3n) is 9.44. The zero-order valence-electron chi connectivity index (χ0n) is 27.1. The summed E-state index contributed by atoms with van der Waals surface area (Å²) in [6.07, 6.45) is 2.55. The molecule has 4 nitrogen and oxygen atoms in total. The molecular weight excluding hydrogens is 567 g/mol. The standard InChI is InChI=1S/C37H47NO3SSi/c1-24(2)43(25(3)4,26(5)6)41-31-15-13-28(14-16-31)37-35(33-18-17-32(40-8)22-34(33)42-37)36(39)29-11-12-30(27(7)21-29)23-38-19-9-10-20-38/h11-18,21-22,24-26H,9-10,19-20,23H2,1-8H3.